The number of hydrogen-bond donors (Lipinski definition) is 2. The molecule has 0 radical (unpaired) electrons. The van der Waals surface area contributed by atoms with Crippen molar-refractivity contribution in [3.8, 4) is 0 Å². The second kappa shape index (κ2) is 4.28. The number of aliphatic hydroxyl groups excluding tert-OH is 1. The molecule has 0 spiro atoms. The number of aromatic nitrogens is 2. The smallest absolute Gasteiger partial charge is 0.246 e. The summed E-state index contributed by atoms with van der Waals surface area (Å²) in [7, 11) is 0. The molecule has 84 valence electrons. The third-order valence-corrected chi connectivity index (χ3v) is 2.98. The van der Waals surface area contributed by atoms with Crippen molar-refractivity contribution in [1.82, 2.24) is 10.1 Å². The first-order chi connectivity index (χ1) is 7.18. The first-order valence-electron chi connectivity index (χ1n) is 5.45. The lowest BCUT2D eigenvalue weighted by Crippen LogP contribution is -2.23. The molecule has 1 aromatic rings. The molecule has 0 saturated heterocycles. The average Bonchev–Trinajstić information content (AvgIpc) is 2.86. The SMILES string of the molecule is C[C@@H](O)[C@H](N)c1nc(C2CCCC2)no1. The molecule has 2 atom stereocenters. The van der Waals surface area contributed by atoms with E-state index < -0.39 is 12.1 Å². The Morgan fingerprint density at radius 2 is 2.13 bits per heavy atom. The molecule has 0 unspecified atom stereocenters. The predicted molar refractivity (Wildman–Crippen MR) is 54.1 cm³/mol. The number of aliphatic hydroxyl groups is 1. The highest BCUT2D eigenvalue weighted by Crippen LogP contribution is 2.32. The second-order valence-electron chi connectivity index (χ2n) is 4.24. The van der Waals surface area contributed by atoms with Gasteiger partial charge in [-0.25, -0.2) is 0 Å². The number of nitrogens with zero attached hydrogens (tertiary/aromatic N) is 2. The maximum absolute atomic E-state index is 9.30. The third kappa shape index (κ3) is 2.18. The van der Waals surface area contributed by atoms with Crippen molar-refractivity contribution in [2.75, 3.05) is 0 Å². The molecule has 3 N–H and O–H groups in total. The molecule has 1 aliphatic rings. The molecule has 0 aliphatic heterocycles. The van der Waals surface area contributed by atoms with E-state index in [9.17, 15) is 5.11 Å². The summed E-state index contributed by atoms with van der Waals surface area (Å²) in [5.41, 5.74) is 5.70. The van der Waals surface area contributed by atoms with Gasteiger partial charge in [-0.15, -0.1) is 0 Å². The van der Waals surface area contributed by atoms with Crippen LogP contribution in [0.2, 0.25) is 0 Å². The van der Waals surface area contributed by atoms with Crippen LogP contribution in [0.4, 0.5) is 0 Å². The first-order valence-corrected chi connectivity index (χ1v) is 5.45. The van der Waals surface area contributed by atoms with Crippen LogP contribution in [0.3, 0.4) is 0 Å². The lowest BCUT2D eigenvalue weighted by molar-refractivity contribution is 0.146. The summed E-state index contributed by atoms with van der Waals surface area (Å²) >= 11 is 0. The Morgan fingerprint density at radius 1 is 1.47 bits per heavy atom. The van der Waals surface area contributed by atoms with E-state index in [1.54, 1.807) is 6.92 Å². The molecule has 1 saturated carbocycles. The van der Waals surface area contributed by atoms with Crippen molar-refractivity contribution in [3.63, 3.8) is 0 Å². The van der Waals surface area contributed by atoms with Gasteiger partial charge in [-0.05, 0) is 19.8 Å². The molecular weight excluding hydrogens is 194 g/mol. The molecule has 5 heteroatoms. The molecule has 1 fully saturated rings. The summed E-state index contributed by atoms with van der Waals surface area (Å²) in [6.07, 6.45) is 4.06. The van der Waals surface area contributed by atoms with Crippen molar-refractivity contribution < 1.29 is 9.63 Å². The van der Waals surface area contributed by atoms with E-state index in [1.807, 2.05) is 0 Å². The summed E-state index contributed by atoms with van der Waals surface area (Å²) in [5.74, 6) is 1.51. The summed E-state index contributed by atoms with van der Waals surface area (Å²) in [6, 6.07) is -0.576. The van der Waals surface area contributed by atoms with Crippen LogP contribution < -0.4 is 5.73 Å². The monoisotopic (exact) mass is 211 g/mol. The van der Waals surface area contributed by atoms with E-state index in [0.717, 1.165) is 18.7 Å². The minimum atomic E-state index is -0.665. The highest BCUT2D eigenvalue weighted by molar-refractivity contribution is 5.00. The van der Waals surface area contributed by atoms with Crippen molar-refractivity contribution in [2.45, 2.75) is 50.7 Å². The third-order valence-electron chi connectivity index (χ3n) is 2.98. The molecule has 1 aromatic heterocycles. The Kier molecular flexibility index (Phi) is 3.02. The minimum Gasteiger partial charge on any atom is -0.391 e. The van der Waals surface area contributed by atoms with E-state index >= 15 is 0 Å². The first kappa shape index (κ1) is 10.6. The minimum absolute atomic E-state index is 0.340. The van der Waals surface area contributed by atoms with Crippen molar-refractivity contribution in [1.29, 1.82) is 0 Å². The average molecular weight is 211 g/mol. The van der Waals surface area contributed by atoms with E-state index in [2.05, 4.69) is 10.1 Å². The van der Waals surface area contributed by atoms with Crippen LogP contribution in [-0.2, 0) is 0 Å². The quantitative estimate of drug-likeness (QED) is 0.782. The fourth-order valence-corrected chi connectivity index (χ4v) is 1.94. The molecule has 1 heterocycles. The van der Waals surface area contributed by atoms with Crippen LogP contribution >= 0.6 is 0 Å². The Hall–Kier alpha value is -0.940. The Morgan fingerprint density at radius 3 is 2.73 bits per heavy atom. The molecule has 2 rings (SSSR count). The number of rotatable bonds is 3. The van der Waals surface area contributed by atoms with Crippen LogP contribution in [0.25, 0.3) is 0 Å². The van der Waals surface area contributed by atoms with Crippen LogP contribution in [0, 0.1) is 0 Å². The maximum Gasteiger partial charge on any atom is 0.246 e. The van der Waals surface area contributed by atoms with Gasteiger partial charge >= 0.3 is 0 Å². The van der Waals surface area contributed by atoms with Gasteiger partial charge in [0, 0.05) is 5.92 Å². The largest absolute Gasteiger partial charge is 0.391 e. The number of nitrogens with two attached hydrogens (primary N) is 1. The maximum atomic E-state index is 9.30. The fourth-order valence-electron chi connectivity index (χ4n) is 1.94. The summed E-state index contributed by atoms with van der Waals surface area (Å²) in [4.78, 5) is 4.25. The van der Waals surface area contributed by atoms with Crippen LogP contribution in [0.5, 0.6) is 0 Å². The van der Waals surface area contributed by atoms with Crippen LogP contribution in [0.15, 0.2) is 4.52 Å². The Balaban J connectivity index is 2.09. The second-order valence-corrected chi connectivity index (χ2v) is 4.24. The molecule has 0 bridgehead atoms. The van der Waals surface area contributed by atoms with Gasteiger partial charge in [0.05, 0.1) is 6.10 Å². The predicted octanol–water partition coefficient (Wildman–Crippen LogP) is 1.11. The highest BCUT2D eigenvalue weighted by atomic mass is 16.5. The highest BCUT2D eigenvalue weighted by Gasteiger charge is 2.25. The summed E-state index contributed by atoms with van der Waals surface area (Å²) in [6.45, 7) is 1.62. The van der Waals surface area contributed by atoms with E-state index in [0.29, 0.717) is 11.8 Å². The zero-order valence-corrected chi connectivity index (χ0v) is 8.89. The van der Waals surface area contributed by atoms with E-state index in [1.165, 1.54) is 12.8 Å². The lowest BCUT2D eigenvalue weighted by Gasteiger charge is -2.08. The van der Waals surface area contributed by atoms with Gasteiger partial charge in [0.1, 0.15) is 6.04 Å². The van der Waals surface area contributed by atoms with Gasteiger partial charge in [0.25, 0.3) is 0 Å². The lowest BCUT2D eigenvalue weighted by atomic mass is 10.1. The Labute approximate surface area is 88.7 Å². The zero-order valence-electron chi connectivity index (χ0n) is 8.89. The van der Waals surface area contributed by atoms with Crippen LogP contribution in [0.1, 0.15) is 56.3 Å². The standard InChI is InChI=1S/C10H17N3O2/c1-6(14)8(11)10-12-9(13-15-10)7-4-2-3-5-7/h6-8,14H,2-5,11H2,1H3/t6-,8+/m1/s1. The fraction of sp³-hybridized carbons (Fsp3) is 0.800. The molecule has 0 amide bonds. The normalized spacial score (nSPS) is 21.8. The van der Waals surface area contributed by atoms with Crippen molar-refractivity contribution in [2.24, 2.45) is 5.73 Å². The molecule has 0 aromatic carbocycles. The topological polar surface area (TPSA) is 85.2 Å². The molecule has 1 aliphatic carbocycles. The van der Waals surface area contributed by atoms with Crippen molar-refractivity contribution in [3.05, 3.63) is 11.7 Å². The van der Waals surface area contributed by atoms with Gasteiger partial charge in [-0.2, -0.15) is 4.98 Å². The molecule has 5 nitrogen and oxygen atoms in total. The molecule has 15 heavy (non-hydrogen) atoms. The summed E-state index contributed by atoms with van der Waals surface area (Å²) < 4.78 is 5.05. The van der Waals surface area contributed by atoms with Gasteiger partial charge in [0.15, 0.2) is 5.82 Å². The number of hydrogen-bond acceptors (Lipinski definition) is 5. The zero-order chi connectivity index (χ0) is 10.8. The van der Waals surface area contributed by atoms with Gasteiger partial charge in [-0.1, -0.05) is 18.0 Å². The van der Waals surface area contributed by atoms with Gasteiger partial charge < -0.3 is 15.4 Å². The van der Waals surface area contributed by atoms with Gasteiger partial charge in [-0.3, -0.25) is 0 Å². The van der Waals surface area contributed by atoms with E-state index in [-0.39, 0.29) is 0 Å². The summed E-state index contributed by atoms with van der Waals surface area (Å²) in [5, 5.41) is 13.2. The van der Waals surface area contributed by atoms with E-state index in [4.69, 9.17) is 10.3 Å². The van der Waals surface area contributed by atoms with Crippen LogP contribution in [-0.4, -0.2) is 21.4 Å². The molecular formula is C10H17N3O2. The van der Waals surface area contributed by atoms with Crippen molar-refractivity contribution >= 4 is 0 Å². The Bertz CT molecular complexity index is 302. The van der Waals surface area contributed by atoms with Gasteiger partial charge in [0.2, 0.25) is 5.89 Å².